The standard InChI is InChI=1S/C15H19ClN2O2/c1-10(2)18-7-6-13(17-18)9-20-15-5-4-12(16)8-14(15)11(3)19/h4-8,10-11,19H,9H2,1-3H3. The van der Waals surface area contributed by atoms with E-state index in [-0.39, 0.29) is 0 Å². The molecule has 0 bridgehead atoms. The van der Waals surface area contributed by atoms with Crippen LogP contribution in [0, 0.1) is 0 Å². The zero-order valence-corrected chi connectivity index (χ0v) is 12.6. The summed E-state index contributed by atoms with van der Waals surface area (Å²) < 4.78 is 7.62. The van der Waals surface area contributed by atoms with Crippen LogP contribution in [0.3, 0.4) is 0 Å². The maximum Gasteiger partial charge on any atom is 0.132 e. The Labute approximate surface area is 123 Å². The molecule has 0 spiro atoms. The summed E-state index contributed by atoms with van der Waals surface area (Å²) >= 11 is 5.93. The van der Waals surface area contributed by atoms with Crippen molar-refractivity contribution >= 4 is 11.6 Å². The topological polar surface area (TPSA) is 47.3 Å². The van der Waals surface area contributed by atoms with Gasteiger partial charge < -0.3 is 9.84 Å². The molecule has 1 heterocycles. The van der Waals surface area contributed by atoms with E-state index in [9.17, 15) is 5.11 Å². The number of ether oxygens (including phenoxy) is 1. The lowest BCUT2D eigenvalue weighted by atomic mass is 10.1. The maximum absolute atomic E-state index is 9.74. The van der Waals surface area contributed by atoms with E-state index in [1.807, 2.05) is 16.9 Å². The fourth-order valence-electron chi connectivity index (χ4n) is 1.87. The maximum atomic E-state index is 9.74. The predicted molar refractivity (Wildman–Crippen MR) is 79.0 cm³/mol. The highest BCUT2D eigenvalue weighted by Crippen LogP contribution is 2.28. The zero-order valence-electron chi connectivity index (χ0n) is 11.9. The van der Waals surface area contributed by atoms with Gasteiger partial charge >= 0.3 is 0 Å². The van der Waals surface area contributed by atoms with Gasteiger partial charge in [0.25, 0.3) is 0 Å². The summed E-state index contributed by atoms with van der Waals surface area (Å²) in [5, 5.41) is 14.7. The van der Waals surface area contributed by atoms with Gasteiger partial charge in [-0.3, -0.25) is 4.68 Å². The Morgan fingerprint density at radius 2 is 2.05 bits per heavy atom. The van der Waals surface area contributed by atoms with Crippen molar-refractivity contribution in [3.63, 3.8) is 0 Å². The Balaban J connectivity index is 2.10. The number of aliphatic hydroxyl groups excluding tert-OH is 1. The summed E-state index contributed by atoms with van der Waals surface area (Å²) in [4.78, 5) is 0. The molecule has 108 valence electrons. The van der Waals surface area contributed by atoms with Gasteiger partial charge in [0.15, 0.2) is 0 Å². The first kappa shape index (κ1) is 14.9. The molecular weight excluding hydrogens is 276 g/mol. The number of aromatic nitrogens is 2. The second kappa shape index (κ2) is 6.29. The highest BCUT2D eigenvalue weighted by molar-refractivity contribution is 6.30. The van der Waals surface area contributed by atoms with E-state index in [1.54, 1.807) is 25.1 Å². The van der Waals surface area contributed by atoms with Crippen LogP contribution in [0.5, 0.6) is 5.75 Å². The van der Waals surface area contributed by atoms with Crippen LogP contribution in [-0.4, -0.2) is 14.9 Å². The molecule has 0 saturated heterocycles. The van der Waals surface area contributed by atoms with Crippen LogP contribution in [-0.2, 0) is 6.61 Å². The minimum absolute atomic E-state index is 0.326. The molecule has 0 radical (unpaired) electrons. The third kappa shape index (κ3) is 3.52. The molecule has 1 aromatic carbocycles. The van der Waals surface area contributed by atoms with Crippen molar-refractivity contribution in [1.29, 1.82) is 0 Å². The molecule has 1 atom stereocenters. The van der Waals surface area contributed by atoms with Gasteiger partial charge in [0, 0.05) is 22.8 Å². The average Bonchev–Trinajstić information content (AvgIpc) is 2.86. The summed E-state index contributed by atoms with van der Waals surface area (Å²) in [5.74, 6) is 0.628. The number of nitrogens with zero attached hydrogens (tertiary/aromatic N) is 2. The van der Waals surface area contributed by atoms with E-state index < -0.39 is 6.10 Å². The molecule has 2 rings (SSSR count). The SMILES string of the molecule is CC(O)c1cc(Cl)ccc1OCc1ccn(C(C)C)n1. The Morgan fingerprint density at radius 3 is 2.65 bits per heavy atom. The van der Waals surface area contributed by atoms with Crippen LogP contribution in [0.25, 0.3) is 0 Å². The predicted octanol–water partition coefficient (Wildman–Crippen LogP) is 3.75. The second-order valence-electron chi connectivity index (χ2n) is 5.03. The summed E-state index contributed by atoms with van der Waals surface area (Å²) in [6.45, 7) is 6.19. The third-order valence-electron chi connectivity index (χ3n) is 2.99. The van der Waals surface area contributed by atoms with E-state index in [0.29, 0.717) is 29.0 Å². The van der Waals surface area contributed by atoms with Gasteiger partial charge in [0.05, 0.1) is 11.8 Å². The lowest BCUT2D eigenvalue weighted by molar-refractivity contribution is 0.189. The molecule has 0 amide bonds. The van der Waals surface area contributed by atoms with Crippen LogP contribution < -0.4 is 4.74 Å². The van der Waals surface area contributed by atoms with E-state index in [2.05, 4.69) is 18.9 Å². The highest BCUT2D eigenvalue weighted by atomic mass is 35.5. The molecule has 4 nitrogen and oxygen atoms in total. The zero-order chi connectivity index (χ0) is 14.7. The smallest absolute Gasteiger partial charge is 0.132 e. The lowest BCUT2D eigenvalue weighted by Gasteiger charge is -2.13. The number of benzene rings is 1. The van der Waals surface area contributed by atoms with Gasteiger partial charge in [-0.1, -0.05) is 11.6 Å². The number of hydrogen-bond donors (Lipinski definition) is 1. The van der Waals surface area contributed by atoms with E-state index >= 15 is 0 Å². The first-order chi connectivity index (χ1) is 9.47. The first-order valence-electron chi connectivity index (χ1n) is 6.61. The molecule has 0 aliphatic rings. The van der Waals surface area contributed by atoms with Crippen molar-refractivity contribution in [2.24, 2.45) is 0 Å². The average molecular weight is 295 g/mol. The van der Waals surface area contributed by atoms with Gasteiger partial charge in [0.1, 0.15) is 12.4 Å². The summed E-state index contributed by atoms with van der Waals surface area (Å²) in [6.07, 6.45) is 1.30. The number of aliphatic hydroxyl groups is 1. The van der Waals surface area contributed by atoms with Gasteiger partial charge in [0.2, 0.25) is 0 Å². The van der Waals surface area contributed by atoms with Gasteiger partial charge in [-0.2, -0.15) is 5.10 Å². The number of hydrogen-bond acceptors (Lipinski definition) is 3. The van der Waals surface area contributed by atoms with Crippen LogP contribution in [0.15, 0.2) is 30.5 Å². The molecule has 20 heavy (non-hydrogen) atoms. The second-order valence-corrected chi connectivity index (χ2v) is 5.46. The molecule has 0 aliphatic heterocycles. The molecule has 0 saturated carbocycles. The summed E-state index contributed by atoms with van der Waals surface area (Å²) in [6, 6.07) is 7.48. The van der Waals surface area contributed by atoms with E-state index in [4.69, 9.17) is 16.3 Å². The van der Waals surface area contributed by atoms with Crippen molar-refractivity contribution in [2.75, 3.05) is 0 Å². The van der Waals surface area contributed by atoms with Crippen molar-refractivity contribution in [3.8, 4) is 5.75 Å². The minimum atomic E-state index is -0.628. The number of rotatable bonds is 5. The van der Waals surface area contributed by atoms with Crippen LogP contribution in [0.2, 0.25) is 5.02 Å². The van der Waals surface area contributed by atoms with E-state index in [1.165, 1.54) is 0 Å². The molecule has 2 aromatic rings. The monoisotopic (exact) mass is 294 g/mol. The largest absolute Gasteiger partial charge is 0.487 e. The molecule has 1 aromatic heterocycles. The lowest BCUT2D eigenvalue weighted by Crippen LogP contribution is -2.04. The molecule has 0 fully saturated rings. The fraction of sp³-hybridized carbons (Fsp3) is 0.400. The molecular formula is C15H19ClN2O2. The third-order valence-corrected chi connectivity index (χ3v) is 3.23. The van der Waals surface area contributed by atoms with Gasteiger partial charge in [-0.05, 0) is 45.0 Å². The van der Waals surface area contributed by atoms with Crippen LogP contribution in [0.4, 0.5) is 0 Å². The van der Waals surface area contributed by atoms with Crippen LogP contribution in [0.1, 0.15) is 44.2 Å². The molecule has 1 N–H and O–H groups in total. The Morgan fingerprint density at radius 1 is 1.30 bits per heavy atom. The first-order valence-corrected chi connectivity index (χ1v) is 6.99. The van der Waals surface area contributed by atoms with Crippen molar-refractivity contribution < 1.29 is 9.84 Å². The fourth-order valence-corrected chi connectivity index (χ4v) is 2.05. The van der Waals surface area contributed by atoms with Gasteiger partial charge in [-0.15, -0.1) is 0 Å². The molecule has 1 unspecified atom stereocenters. The summed E-state index contributed by atoms with van der Waals surface area (Å²) in [5.41, 5.74) is 1.53. The van der Waals surface area contributed by atoms with E-state index in [0.717, 1.165) is 5.69 Å². The van der Waals surface area contributed by atoms with Crippen molar-refractivity contribution in [2.45, 2.75) is 39.5 Å². The van der Waals surface area contributed by atoms with Gasteiger partial charge in [-0.25, -0.2) is 0 Å². The Hall–Kier alpha value is -1.52. The summed E-state index contributed by atoms with van der Waals surface area (Å²) in [7, 11) is 0. The van der Waals surface area contributed by atoms with Crippen molar-refractivity contribution in [3.05, 3.63) is 46.7 Å². The minimum Gasteiger partial charge on any atom is -0.487 e. The highest BCUT2D eigenvalue weighted by Gasteiger charge is 2.11. The molecule has 5 heteroatoms. The molecule has 0 aliphatic carbocycles. The number of halogens is 1. The Kier molecular flexibility index (Phi) is 4.68. The van der Waals surface area contributed by atoms with Crippen LogP contribution >= 0.6 is 11.6 Å². The quantitative estimate of drug-likeness (QED) is 0.913. The van der Waals surface area contributed by atoms with Crippen molar-refractivity contribution in [1.82, 2.24) is 9.78 Å². The Bertz CT molecular complexity index is 579. The normalized spacial score (nSPS) is 12.7.